The fourth-order valence-corrected chi connectivity index (χ4v) is 4.35. The third kappa shape index (κ3) is 6.54. The summed E-state index contributed by atoms with van der Waals surface area (Å²) in [7, 11) is 0. The van der Waals surface area contributed by atoms with Crippen LogP contribution in [0, 0.1) is 0 Å². The molecule has 3 rings (SSSR count). The minimum atomic E-state index is -4.95. The molecule has 208 valence electrons. The van der Waals surface area contributed by atoms with Crippen molar-refractivity contribution in [1.29, 1.82) is 0 Å². The lowest BCUT2D eigenvalue weighted by Crippen LogP contribution is -2.62. The van der Waals surface area contributed by atoms with Crippen LogP contribution in [0.1, 0.15) is 49.5 Å². The van der Waals surface area contributed by atoms with Gasteiger partial charge in [-0.25, -0.2) is 0 Å². The van der Waals surface area contributed by atoms with Gasteiger partial charge in [-0.15, -0.1) is 10.2 Å². The molecule has 0 aliphatic carbocycles. The van der Waals surface area contributed by atoms with E-state index >= 15 is 0 Å². The molecule has 0 amide bonds. The average molecular weight is 545 g/mol. The number of piperidine rings is 1. The van der Waals surface area contributed by atoms with Gasteiger partial charge < -0.3 is 19.7 Å². The highest BCUT2D eigenvalue weighted by atomic mass is 19.4. The predicted octanol–water partition coefficient (Wildman–Crippen LogP) is 5.59. The van der Waals surface area contributed by atoms with Gasteiger partial charge in [-0.2, -0.15) is 26.3 Å². The van der Waals surface area contributed by atoms with E-state index in [4.69, 9.17) is 4.74 Å². The topological polar surface area (TPSA) is 72.2 Å². The molecule has 2 heterocycles. The van der Waals surface area contributed by atoms with Crippen molar-refractivity contribution in [3.05, 3.63) is 84.0 Å². The largest absolute Gasteiger partial charge is 0.416 e. The summed E-state index contributed by atoms with van der Waals surface area (Å²) < 4.78 is 87.7. The molecule has 1 aliphatic rings. The van der Waals surface area contributed by atoms with Gasteiger partial charge in [0, 0.05) is 6.54 Å². The van der Waals surface area contributed by atoms with Crippen LogP contribution in [0.5, 0.6) is 0 Å². The van der Waals surface area contributed by atoms with Crippen LogP contribution in [0.3, 0.4) is 0 Å². The van der Waals surface area contributed by atoms with Crippen LogP contribution in [0.4, 0.5) is 26.3 Å². The van der Waals surface area contributed by atoms with Gasteiger partial charge in [-0.1, -0.05) is 30.9 Å². The van der Waals surface area contributed by atoms with Crippen molar-refractivity contribution < 1.29 is 36.2 Å². The summed E-state index contributed by atoms with van der Waals surface area (Å²) in [5.74, 6) is 0. The Balaban J connectivity index is 1.88. The van der Waals surface area contributed by atoms with Crippen LogP contribution in [0.15, 0.2) is 67.3 Å². The molecule has 1 aliphatic heterocycles. The summed E-state index contributed by atoms with van der Waals surface area (Å²) in [5, 5.41) is 21.2. The molecular weight excluding hydrogens is 514 g/mol. The molecule has 3 atom stereocenters. The molecule has 1 saturated heterocycles. The van der Waals surface area contributed by atoms with Crippen molar-refractivity contribution in [2.45, 2.75) is 56.2 Å². The van der Waals surface area contributed by atoms with E-state index in [0.717, 1.165) is 0 Å². The van der Waals surface area contributed by atoms with E-state index in [1.54, 1.807) is 22.8 Å². The number of allylic oxidation sites excluding steroid dienone is 3. The van der Waals surface area contributed by atoms with Gasteiger partial charge >= 0.3 is 12.4 Å². The van der Waals surface area contributed by atoms with Gasteiger partial charge in [0.25, 0.3) is 0 Å². The molecule has 1 fully saturated rings. The monoisotopic (exact) mass is 544 g/mol. The van der Waals surface area contributed by atoms with Crippen LogP contribution in [-0.4, -0.2) is 45.2 Å². The van der Waals surface area contributed by atoms with Crippen LogP contribution in [-0.2, 0) is 22.6 Å². The fraction of sp³-hybridized carbons (Fsp3) is 0.462. The quantitative estimate of drug-likeness (QED) is 0.318. The lowest BCUT2D eigenvalue weighted by atomic mass is 9.76. The maximum atomic E-state index is 13.3. The highest BCUT2D eigenvalue weighted by molar-refractivity contribution is 5.35. The van der Waals surface area contributed by atoms with E-state index in [1.807, 2.05) is 13.0 Å². The number of halogens is 6. The van der Waals surface area contributed by atoms with Crippen LogP contribution < -0.4 is 5.32 Å². The first-order chi connectivity index (χ1) is 17.8. The second kappa shape index (κ2) is 11.4. The fourth-order valence-electron chi connectivity index (χ4n) is 4.35. The third-order valence-corrected chi connectivity index (χ3v) is 6.91. The number of benzene rings is 1. The predicted molar refractivity (Wildman–Crippen MR) is 129 cm³/mol. The number of hydrogen-bond donors (Lipinski definition) is 2. The Kier molecular flexibility index (Phi) is 8.89. The number of nitrogens with zero attached hydrogens (tertiary/aromatic N) is 3. The first-order valence-electron chi connectivity index (χ1n) is 11.9. The van der Waals surface area contributed by atoms with Gasteiger partial charge in [0.15, 0.2) is 0 Å². The van der Waals surface area contributed by atoms with Gasteiger partial charge in [0.05, 0.1) is 41.5 Å². The SMILES string of the molecule is C=C(/C=C\C=C/C)[C@]1(COC(C)c2cc(C(F)(F)F)cc(C(F)(F)F)c2)CC[C@@](CO)(n2cnnc2)CN1. The third-order valence-electron chi connectivity index (χ3n) is 6.91. The van der Waals surface area contributed by atoms with Crippen molar-refractivity contribution in [2.75, 3.05) is 19.8 Å². The molecule has 0 spiro atoms. The Hall–Kier alpha value is -2.96. The molecule has 6 nitrogen and oxygen atoms in total. The van der Waals surface area contributed by atoms with Gasteiger partial charge in [0.1, 0.15) is 12.7 Å². The molecule has 0 radical (unpaired) electrons. The number of aliphatic hydroxyl groups excluding tert-OH is 1. The van der Waals surface area contributed by atoms with E-state index in [1.165, 1.54) is 19.6 Å². The summed E-state index contributed by atoms with van der Waals surface area (Å²) >= 11 is 0. The minimum absolute atomic E-state index is 0.0888. The normalized spacial score (nSPS) is 23.8. The Morgan fingerprint density at radius 2 is 1.71 bits per heavy atom. The zero-order chi connectivity index (χ0) is 28.2. The van der Waals surface area contributed by atoms with Gasteiger partial charge in [-0.3, -0.25) is 0 Å². The van der Waals surface area contributed by atoms with Crippen LogP contribution in [0.2, 0.25) is 0 Å². The molecule has 38 heavy (non-hydrogen) atoms. The van der Waals surface area contributed by atoms with Crippen molar-refractivity contribution in [1.82, 2.24) is 20.1 Å². The van der Waals surface area contributed by atoms with E-state index in [-0.39, 0.29) is 31.4 Å². The Bertz CT molecular complexity index is 1120. The van der Waals surface area contributed by atoms with Gasteiger partial charge in [-0.05, 0) is 56.0 Å². The molecule has 1 aromatic carbocycles. The molecule has 2 N–H and O–H groups in total. The zero-order valence-corrected chi connectivity index (χ0v) is 21.0. The molecule has 1 unspecified atom stereocenters. The summed E-state index contributed by atoms with van der Waals surface area (Å²) in [6.45, 7) is 7.35. The second-order valence-corrected chi connectivity index (χ2v) is 9.39. The summed E-state index contributed by atoms with van der Waals surface area (Å²) in [6.07, 6.45) is -0.0210. The van der Waals surface area contributed by atoms with Crippen LogP contribution in [0.25, 0.3) is 0 Å². The average Bonchev–Trinajstić information content (AvgIpc) is 3.42. The van der Waals surface area contributed by atoms with Crippen LogP contribution >= 0.6 is 0 Å². The first-order valence-corrected chi connectivity index (χ1v) is 11.9. The molecule has 1 aromatic heterocycles. The number of aliphatic hydroxyl groups is 1. The number of nitrogens with one attached hydrogen (secondary N) is 1. The maximum absolute atomic E-state index is 13.3. The maximum Gasteiger partial charge on any atom is 0.416 e. The first kappa shape index (κ1) is 29.6. The minimum Gasteiger partial charge on any atom is -0.394 e. The number of rotatable bonds is 9. The van der Waals surface area contributed by atoms with Crippen molar-refractivity contribution >= 4 is 0 Å². The molecular formula is C26H30F6N4O2. The standard InChI is InChI=1S/C26H30F6N4O2/c1-4-5-6-7-18(2)24(9-8-23(14-37,13-33-24)36-16-34-35-17-36)15-38-19(3)20-10-21(25(27,28)29)12-22(11-20)26(30,31)32/h4-7,10-12,16-17,19,33,37H,2,8-9,13-15H2,1,3H3/b5-4-,7-6-/t19?,23-,24-/m1/s1. The Morgan fingerprint density at radius 1 is 1.11 bits per heavy atom. The van der Waals surface area contributed by atoms with E-state index < -0.39 is 40.7 Å². The molecule has 0 saturated carbocycles. The molecule has 2 aromatic rings. The van der Waals surface area contributed by atoms with Crippen molar-refractivity contribution in [3.8, 4) is 0 Å². The highest BCUT2D eigenvalue weighted by Crippen LogP contribution is 2.39. The van der Waals surface area contributed by atoms with Gasteiger partial charge in [0.2, 0.25) is 0 Å². The summed E-state index contributed by atoms with van der Waals surface area (Å²) in [4.78, 5) is 0. The van der Waals surface area contributed by atoms with Crippen molar-refractivity contribution in [2.24, 2.45) is 0 Å². The Morgan fingerprint density at radius 3 is 2.18 bits per heavy atom. The molecule has 0 bridgehead atoms. The Labute approximate surface area is 216 Å². The summed E-state index contributed by atoms with van der Waals surface area (Å²) in [6, 6.07) is 1.43. The summed E-state index contributed by atoms with van der Waals surface area (Å²) in [5.41, 5.74) is -4.07. The number of aromatic nitrogens is 3. The van der Waals surface area contributed by atoms with Crippen molar-refractivity contribution in [3.63, 3.8) is 0 Å². The smallest absolute Gasteiger partial charge is 0.394 e. The molecule has 12 heteroatoms. The number of hydrogen-bond acceptors (Lipinski definition) is 5. The zero-order valence-electron chi connectivity index (χ0n) is 21.0. The van der Waals surface area contributed by atoms with E-state index in [9.17, 15) is 31.4 Å². The lowest BCUT2D eigenvalue weighted by Gasteiger charge is -2.47. The second-order valence-electron chi connectivity index (χ2n) is 9.39. The lowest BCUT2D eigenvalue weighted by molar-refractivity contribution is -0.143. The van der Waals surface area contributed by atoms with E-state index in [2.05, 4.69) is 22.1 Å². The number of ether oxygens (including phenoxy) is 1. The highest BCUT2D eigenvalue weighted by Gasteiger charge is 2.45. The number of alkyl halides is 6. The van der Waals surface area contributed by atoms with E-state index in [0.29, 0.717) is 30.5 Å².